The number of pyridine rings is 1. The van der Waals surface area contributed by atoms with Crippen LogP contribution in [0.3, 0.4) is 0 Å². The van der Waals surface area contributed by atoms with E-state index in [2.05, 4.69) is 4.99 Å². The molecule has 0 radical (unpaired) electrons. The summed E-state index contributed by atoms with van der Waals surface area (Å²) in [5.74, 6) is 0. The van der Waals surface area contributed by atoms with E-state index in [0.29, 0.717) is 23.0 Å². The Hall–Kier alpha value is -2.19. The van der Waals surface area contributed by atoms with Crippen LogP contribution in [0.1, 0.15) is 13.3 Å². The summed E-state index contributed by atoms with van der Waals surface area (Å²) in [5.41, 5.74) is 0.441. The minimum Gasteiger partial charge on any atom is -0.313 e. The van der Waals surface area contributed by atoms with Gasteiger partial charge >= 0.3 is 0 Å². The van der Waals surface area contributed by atoms with Gasteiger partial charge in [0.15, 0.2) is 0 Å². The molecule has 1 aromatic heterocycles. The molecular weight excluding hydrogens is 216 g/mol. The highest BCUT2D eigenvalue weighted by Gasteiger charge is 2.06. The molecule has 2 aromatic rings. The Labute approximate surface area is 98.2 Å². The third kappa shape index (κ3) is 2.03. The molecule has 0 bridgehead atoms. The van der Waals surface area contributed by atoms with Crippen LogP contribution in [0.15, 0.2) is 40.2 Å². The van der Waals surface area contributed by atoms with Crippen molar-refractivity contribution in [2.24, 2.45) is 4.99 Å². The predicted molar refractivity (Wildman–Crippen MR) is 66.3 cm³/mol. The van der Waals surface area contributed by atoms with Crippen LogP contribution in [0.25, 0.3) is 10.8 Å². The van der Waals surface area contributed by atoms with Gasteiger partial charge in [0.05, 0.1) is 0 Å². The highest BCUT2D eigenvalue weighted by Crippen LogP contribution is 2.22. The van der Waals surface area contributed by atoms with Gasteiger partial charge in [0.2, 0.25) is 6.08 Å². The number of hydrogen-bond acceptors (Lipinski definition) is 3. The molecule has 0 spiro atoms. The third-order valence-electron chi connectivity index (χ3n) is 2.60. The van der Waals surface area contributed by atoms with Gasteiger partial charge in [-0.2, -0.15) is 4.99 Å². The molecular formula is C13H12N2O2. The lowest BCUT2D eigenvalue weighted by molar-refractivity contribution is 0.565. The molecule has 0 saturated heterocycles. The highest BCUT2D eigenvalue weighted by atomic mass is 16.1. The highest BCUT2D eigenvalue weighted by molar-refractivity contribution is 5.92. The number of isocyanates is 1. The number of nitrogens with zero attached hydrogens (tertiary/aromatic N) is 2. The largest absolute Gasteiger partial charge is 0.313 e. The standard InChI is InChI=1S/C13H12N2O2/c1-2-7-15-8-12(14-9-16)10-5-3-4-6-11(10)13(15)17/h3-6,8H,2,7H2,1H3. The first-order chi connectivity index (χ1) is 8.27. The van der Waals surface area contributed by atoms with Crippen molar-refractivity contribution in [2.75, 3.05) is 0 Å². The van der Waals surface area contributed by atoms with Crippen molar-refractivity contribution in [3.05, 3.63) is 40.8 Å². The minimum absolute atomic E-state index is 0.0488. The molecule has 0 N–H and O–H groups in total. The number of aliphatic imine (C=N–C) groups is 1. The first-order valence-corrected chi connectivity index (χ1v) is 5.48. The molecule has 0 atom stereocenters. The Kier molecular flexibility index (Phi) is 3.17. The maximum atomic E-state index is 12.1. The maximum Gasteiger partial charge on any atom is 0.258 e. The van der Waals surface area contributed by atoms with Gasteiger partial charge in [-0.05, 0) is 12.5 Å². The lowest BCUT2D eigenvalue weighted by Gasteiger charge is -2.07. The molecule has 0 aliphatic carbocycles. The molecule has 0 unspecified atom stereocenters. The molecule has 17 heavy (non-hydrogen) atoms. The minimum atomic E-state index is -0.0488. The molecule has 0 amide bonds. The van der Waals surface area contributed by atoms with Crippen molar-refractivity contribution in [3.8, 4) is 0 Å². The number of rotatable bonds is 3. The first-order valence-electron chi connectivity index (χ1n) is 5.48. The fraction of sp³-hybridized carbons (Fsp3) is 0.231. The molecule has 4 nitrogen and oxygen atoms in total. The van der Waals surface area contributed by atoms with E-state index >= 15 is 0 Å². The van der Waals surface area contributed by atoms with E-state index < -0.39 is 0 Å². The summed E-state index contributed by atoms with van der Waals surface area (Å²) in [4.78, 5) is 26.1. The van der Waals surface area contributed by atoms with E-state index in [9.17, 15) is 9.59 Å². The normalized spacial score (nSPS) is 10.2. The summed E-state index contributed by atoms with van der Waals surface area (Å²) in [6.07, 6.45) is 3.98. The fourth-order valence-electron chi connectivity index (χ4n) is 1.87. The van der Waals surface area contributed by atoms with Gasteiger partial charge in [-0.25, -0.2) is 4.79 Å². The molecule has 4 heteroatoms. The van der Waals surface area contributed by atoms with Crippen molar-refractivity contribution >= 4 is 22.5 Å². The SMILES string of the molecule is CCCn1cc(N=C=O)c2ccccc2c1=O. The summed E-state index contributed by atoms with van der Waals surface area (Å²) in [6.45, 7) is 2.61. The van der Waals surface area contributed by atoms with Crippen LogP contribution in [0, 0.1) is 0 Å². The molecule has 1 aromatic carbocycles. The van der Waals surface area contributed by atoms with Crippen LogP contribution >= 0.6 is 0 Å². The number of aromatic nitrogens is 1. The molecule has 2 rings (SSSR count). The lowest BCUT2D eigenvalue weighted by Crippen LogP contribution is -2.19. The van der Waals surface area contributed by atoms with Crippen LogP contribution in [0.2, 0.25) is 0 Å². The molecule has 0 aliphatic rings. The van der Waals surface area contributed by atoms with Gasteiger partial charge < -0.3 is 4.57 Å². The monoisotopic (exact) mass is 228 g/mol. The smallest absolute Gasteiger partial charge is 0.258 e. The Balaban J connectivity index is 2.84. The molecule has 0 aliphatic heterocycles. The number of fused-ring (bicyclic) bond motifs is 1. The van der Waals surface area contributed by atoms with Gasteiger partial charge in [0, 0.05) is 23.5 Å². The zero-order chi connectivity index (χ0) is 12.3. The van der Waals surface area contributed by atoms with Crippen LogP contribution in [0.4, 0.5) is 5.69 Å². The molecule has 1 heterocycles. The summed E-state index contributed by atoms with van der Waals surface area (Å²) in [7, 11) is 0. The lowest BCUT2D eigenvalue weighted by atomic mass is 10.1. The van der Waals surface area contributed by atoms with E-state index in [1.807, 2.05) is 13.0 Å². The summed E-state index contributed by atoms with van der Waals surface area (Å²) < 4.78 is 1.58. The Bertz CT molecular complexity index is 652. The van der Waals surface area contributed by atoms with E-state index in [1.54, 1.807) is 29.0 Å². The Morgan fingerprint density at radius 3 is 2.65 bits per heavy atom. The van der Waals surface area contributed by atoms with E-state index in [-0.39, 0.29) is 5.56 Å². The summed E-state index contributed by atoms with van der Waals surface area (Å²) >= 11 is 0. The van der Waals surface area contributed by atoms with Crippen LogP contribution in [0.5, 0.6) is 0 Å². The second kappa shape index (κ2) is 4.76. The average Bonchev–Trinajstić information content (AvgIpc) is 2.36. The van der Waals surface area contributed by atoms with Crippen molar-refractivity contribution in [3.63, 3.8) is 0 Å². The number of benzene rings is 1. The molecule has 0 saturated carbocycles. The fourth-order valence-corrected chi connectivity index (χ4v) is 1.87. The van der Waals surface area contributed by atoms with Crippen molar-refractivity contribution in [1.29, 1.82) is 0 Å². The number of hydrogen-bond donors (Lipinski definition) is 0. The molecule has 0 fully saturated rings. The van der Waals surface area contributed by atoms with Crippen molar-refractivity contribution in [1.82, 2.24) is 4.57 Å². The second-order valence-electron chi connectivity index (χ2n) is 3.76. The van der Waals surface area contributed by atoms with Crippen molar-refractivity contribution < 1.29 is 4.79 Å². The van der Waals surface area contributed by atoms with Gasteiger partial charge in [0.25, 0.3) is 5.56 Å². The Morgan fingerprint density at radius 2 is 2.00 bits per heavy atom. The van der Waals surface area contributed by atoms with Gasteiger partial charge in [-0.15, -0.1) is 0 Å². The van der Waals surface area contributed by atoms with Gasteiger partial charge in [-0.3, -0.25) is 4.79 Å². The van der Waals surface area contributed by atoms with Gasteiger partial charge in [0.1, 0.15) is 5.69 Å². The van der Waals surface area contributed by atoms with Crippen LogP contribution < -0.4 is 5.56 Å². The number of aryl methyl sites for hydroxylation is 1. The summed E-state index contributed by atoms with van der Waals surface area (Å²) in [5, 5.41) is 1.27. The average molecular weight is 228 g/mol. The zero-order valence-corrected chi connectivity index (χ0v) is 9.51. The quantitative estimate of drug-likeness (QED) is 0.598. The molecule has 86 valence electrons. The third-order valence-corrected chi connectivity index (χ3v) is 2.60. The first kappa shape index (κ1) is 11.3. The zero-order valence-electron chi connectivity index (χ0n) is 9.51. The maximum absolute atomic E-state index is 12.1. The second-order valence-corrected chi connectivity index (χ2v) is 3.76. The van der Waals surface area contributed by atoms with E-state index in [0.717, 1.165) is 6.42 Å². The number of carbonyl (C=O) groups excluding carboxylic acids is 1. The van der Waals surface area contributed by atoms with Gasteiger partial charge in [-0.1, -0.05) is 25.1 Å². The topological polar surface area (TPSA) is 51.4 Å². The predicted octanol–water partition coefficient (Wildman–Crippen LogP) is 2.38. The van der Waals surface area contributed by atoms with E-state index in [4.69, 9.17) is 0 Å². The summed E-state index contributed by atoms with van der Waals surface area (Å²) in [6, 6.07) is 7.14. The Morgan fingerprint density at radius 1 is 1.29 bits per heavy atom. The van der Waals surface area contributed by atoms with E-state index in [1.165, 1.54) is 6.08 Å². The van der Waals surface area contributed by atoms with Crippen LogP contribution in [-0.4, -0.2) is 10.6 Å². The van der Waals surface area contributed by atoms with Crippen LogP contribution in [-0.2, 0) is 11.3 Å². The van der Waals surface area contributed by atoms with Crippen molar-refractivity contribution in [2.45, 2.75) is 19.9 Å².